The Balaban J connectivity index is 3.23. The van der Waals surface area contributed by atoms with Gasteiger partial charge in [-0.25, -0.2) is 26.3 Å². The van der Waals surface area contributed by atoms with Crippen molar-refractivity contribution < 1.29 is 26.3 Å². The molecule has 0 amide bonds. The van der Waals surface area contributed by atoms with Gasteiger partial charge >= 0.3 is 0 Å². The van der Waals surface area contributed by atoms with Crippen molar-refractivity contribution in [2.24, 2.45) is 5.73 Å². The molecule has 96 valence electrons. The Morgan fingerprint density at radius 3 is 1.88 bits per heavy atom. The summed E-state index contributed by atoms with van der Waals surface area (Å²) < 4.78 is 76.7. The van der Waals surface area contributed by atoms with Crippen LogP contribution in [0.2, 0.25) is 0 Å². The second kappa shape index (κ2) is 4.56. The number of benzene rings is 1. The summed E-state index contributed by atoms with van der Waals surface area (Å²) in [6.45, 7) is 0.833. The Labute approximate surface area is 93.2 Å². The molecule has 0 aliphatic heterocycles. The van der Waals surface area contributed by atoms with Crippen molar-refractivity contribution in [1.29, 1.82) is 0 Å². The number of rotatable bonds is 3. The van der Waals surface area contributed by atoms with Crippen molar-refractivity contribution in [3.63, 3.8) is 0 Å². The van der Waals surface area contributed by atoms with Crippen LogP contribution >= 0.6 is 0 Å². The molecule has 0 spiro atoms. The predicted octanol–water partition coefficient (Wildman–Crippen LogP) is 2.77. The number of halogens is 6. The smallest absolute Gasteiger partial charge is 0.256 e. The third-order valence-corrected chi connectivity index (χ3v) is 2.26. The van der Waals surface area contributed by atoms with E-state index in [1.54, 1.807) is 0 Å². The fraction of sp³-hybridized carbons (Fsp3) is 0.400. The van der Waals surface area contributed by atoms with Crippen molar-refractivity contribution in [3.8, 4) is 0 Å². The molecular weight excluding hydrogens is 248 g/mol. The summed E-state index contributed by atoms with van der Waals surface area (Å²) >= 11 is 0. The maximum atomic E-state index is 13.2. The van der Waals surface area contributed by atoms with Gasteiger partial charge in [0.05, 0.1) is 5.54 Å². The van der Waals surface area contributed by atoms with E-state index in [0.717, 1.165) is 6.92 Å². The van der Waals surface area contributed by atoms with Gasteiger partial charge in [-0.2, -0.15) is 0 Å². The summed E-state index contributed by atoms with van der Waals surface area (Å²) in [4.78, 5) is 0. The Morgan fingerprint density at radius 1 is 1.12 bits per heavy atom. The Morgan fingerprint density at radius 2 is 1.53 bits per heavy atom. The molecule has 0 radical (unpaired) electrons. The van der Waals surface area contributed by atoms with Crippen LogP contribution in [0.4, 0.5) is 26.3 Å². The molecule has 1 rings (SSSR count). The maximum absolute atomic E-state index is 13.2. The Kier molecular flexibility index (Phi) is 3.71. The highest BCUT2D eigenvalue weighted by molar-refractivity contribution is 5.24. The molecule has 17 heavy (non-hydrogen) atoms. The summed E-state index contributed by atoms with van der Waals surface area (Å²) in [6.07, 6.45) is -4.11. The number of alkyl halides is 2. The van der Waals surface area contributed by atoms with E-state index in [9.17, 15) is 26.3 Å². The second-order valence-electron chi connectivity index (χ2n) is 3.93. The van der Waals surface area contributed by atoms with E-state index in [1.807, 2.05) is 0 Å². The summed E-state index contributed by atoms with van der Waals surface area (Å²) in [5, 5.41) is 0. The van der Waals surface area contributed by atoms with E-state index in [-0.39, 0.29) is 6.07 Å². The Hall–Kier alpha value is -1.24. The lowest BCUT2D eigenvalue weighted by Gasteiger charge is -2.24. The van der Waals surface area contributed by atoms with Crippen LogP contribution in [0.1, 0.15) is 12.5 Å². The van der Waals surface area contributed by atoms with Gasteiger partial charge < -0.3 is 5.73 Å². The molecular formula is C10H9F6N. The van der Waals surface area contributed by atoms with Gasteiger partial charge in [0.2, 0.25) is 0 Å². The molecule has 7 heteroatoms. The van der Waals surface area contributed by atoms with Crippen LogP contribution in [0.15, 0.2) is 6.07 Å². The highest BCUT2D eigenvalue weighted by Gasteiger charge is 2.34. The lowest BCUT2D eigenvalue weighted by Crippen LogP contribution is -2.46. The highest BCUT2D eigenvalue weighted by Crippen LogP contribution is 2.25. The molecule has 0 aliphatic carbocycles. The molecule has 1 aromatic carbocycles. The van der Waals surface area contributed by atoms with Crippen LogP contribution in [-0.4, -0.2) is 12.0 Å². The van der Waals surface area contributed by atoms with Crippen LogP contribution in [0.5, 0.6) is 0 Å². The van der Waals surface area contributed by atoms with Crippen molar-refractivity contribution in [3.05, 3.63) is 34.9 Å². The number of nitrogens with two attached hydrogens (primary N) is 1. The first-order valence-electron chi connectivity index (χ1n) is 4.55. The number of hydrogen-bond acceptors (Lipinski definition) is 1. The predicted molar refractivity (Wildman–Crippen MR) is 48.6 cm³/mol. The lowest BCUT2D eigenvalue weighted by molar-refractivity contribution is 0.0628. The minimum absolute atomic E-state index is 0.00436. The molecule has 0 saturated heterocycles. The summed E-state index contributed by atoms with van der Waals surface area (Å²) in [6, 6.07) is 0.00436. The van der Waals surface area contributed by atoms with Crippen LogP contribution in [-0.2, 0) is 6.42 Å². The van der Waals surface area contributed by atoms with Crippen LogP contribution in [0.3, 0.4) is 0 Å². The molecule has 1 nitrogen and oxygen atoms in total. The van der Waals surface area contributed by atoms with Gasteiger partial charge in [-0.05, 0) is 6.92 Å². The average Bonchev–Trinajstić information content (AvgIpc) is 2.21. The topological polar surface area (TPSA) is 26.0 Å². The van der Waals surface area contributed by atoms with E-state index in [1.165, 1.54) is 0 Å². The third kappa shape index (κ3) is 2.71. The molecule has 0 aromatic heterocycles. The minimum atomic E-state index is -3.09. The van der Waals surface area contributed by atoms with Crippen molar-refractivity contribution in [2.75, 3.05) is 0 Å². The highest BCUT2D eigenvalue weighted by atomic mass is 19.3. The molecule has 1 unspecified atom stereocenters. The van der Waals surface area contributed by atoms with E-state index in [0.29, 0.717) is 0 Å². The molecule has 2 N–H and O–H groups in total. The molecule has 0 heterocycles. The SMILES string of the molecule is CC(N)(Cc1c(F)c(F)cc(F)c1F)C(F)F. The fourth-order valence-corrected chi connectivity index (χ4v) is 1.24. The van der Waals surface area contributed by atoms with Gasteiger partial charge in [-0.15, -0.1) is 0 Å². The zero-order chi connectivity index (χ0) is 13.4. The zero-order valence-electron chi connectivity index (χ0n) is 8.71. The third-order valence-electron chi connectivity index (χ3n) is 2.26. The maximum Gasteiger partial charge on any atom is 0.256 e. The van der Waals surface area contributed by atoms with Gasteiger partial charge in [0.1, 0.15) is 0 Å². The van der Waals surface area contributed by atoms with Gasteiger partial charge in [0.15, 0.2) is 23.3 Å². The van der Waals surface area contributed by atoms with E-state index in [2.05, 4.69) is 0 Å². The summed E-state index contributed by atoms with van der Waals surface area (Å²) in [7, 11) is 0. The standard InChI is InChI=1S/C10H9F6N/c1-10(17,9(15)16)3-4-7(13)5(11)2-6(12)8(4)14/h2,9H,3,17H2,1H3. The second-order valence-corrected chi connectivity index (χ2v) is 3.93. The van der Waals surface area contributed by atoms with Crippen LogP contribution < -0.4 is 5.73 Å². The van der Waals surface area contributed by atoms with Gasteiger partial charge in [0, 0.05) is 18.1 Å². The fourth-order valence-electron chi connectivity index (χ4n) is 1.24. The molecule has 0 saturated carbocycles. The van der Waals surface area contributed by atoms with Crippen molar-refractivity contribution in [2.45, 2.75) is 25.3 Å². The number of hydrogen-bond donors (Lipinski definition) is 1. The van der Waals surface area contributed by atoms with Gasteiger partial charge in [-0.3, -0.25) is 0 Å². The normalized spacial score (nSPS) is 15.1. The van der Waals surface area contributed by atoms with Crippen molar-refractivity contribution >= 4 is 0 Å². The Bertz CT molecular complexity index is 403. The van der Waals surface area contributed by atoms with Crippen LogP contribution in [0, 0.1) is 23.3 Å². The van der Waals surface area contributed by atoms with Crippen molar-refractivity contribution in [1.82, 2.24) is 0 Å². The zero-order valence-corrected chi connectivity index (χ0v) is 8.71. The summed E-state index contributed by atoms with van der Waals surface area (Å²) in [5.41, 5.74) is 1.71. The first-order valence-corrected chi connectivity index (χ1v) is 4.55. The first kappa shape index (κ1) is 13.8. The monoisotopic (exact) mass is 257 g/mol. The molecule has 1 atom stereocenters. The minimum Gasteiger partial charge on any atom is -0.320 e. The van der Waals surface area contributed by atoms with Gasteiger partial charge in [-0.1, -0.05) is 0 Å². The quantitative estimate of drug-likeness (QED) is 0.654. The largest absolute Gasteiger partial charge is 0.320 e. The lowest BCUT2D eigenvalue weighted by atomic mass is 9.93. The molecule has 1 aromatic rings. The van der Waals surface area contributed by atoms with E-state index >= 15 is 0 Å². The average molecular weight is 257 g/mol. The van der Waals surface area contributed by atoms with E-state index in [4.69, 9.17) is 5.73 Å². The molecule has 0 fully saturated rings. The van der Waals surface area contributed by atoms with Crippen LogP contribution in [0.25, 0.3) is 0 Å². The first-order chi connectivity index (χ1) is 7.66. The molecule has 0 aliphatic rings. The summed E-state index contributed by atoms with van der Waals surface area (Å²) in [5.74, 6) is -6.71. The molecule has 0 bridgehead atoms. The van der Waals surface area contributed by atoms with E-state index < -0.39 is 47.2 Å². The van der Waals surface area contributed by atoms with Gasteiger partial charge in [0.25, 0.3) is 6.43 Å².